The van der Waals surface area contributed by atoms with E-state index >= 15 is 0 Å². The predicted molar refractivity (Wildman–Crippen MR) is 80.0 cm³/mol. The Hall–Kier alpha value is -1.82. The summed E-state index contributed by atoms with van der Waals surface area (Å²) >= 11 is 1.71. The van der Waals surface area contributed by atoms with Crippen LogP contribution in [-0.2, 0) is 12.4 Å². The highest BCUT2D eigenvalue weighted by Gasteiger charge is 2.03. The Labute approximate surface area is 122 Å². The third-order valence-electron chi connectivity index (χ3n) is 2.86. The van der Waals surface area contributed by atoms with E-state index in [1.807, 2.05) is 36.4 Å². The van der Waals surface area contributed by atoms with Gasteiger partial charge >= 0.3 is 0 Å². The van der Waals surface area contributed by atoms with E-state index in [0.29, 0.717) is 5.56 Å². The third-order valence-corrected chi connectivity index (χ3v) is 3.94. The Morgan fingerprint density at radius 3 is 2.20 bits per heavy atom. The van der Waals surface area contributed by atoms with Crippen LogP contribution in [0.25, 0.3) is 0 Å². The summed E-state index contributed by atoms with van der Waals surface area (Å²) in [6.07, 6.45) is 0. The summed E-state index contributed by atoms with van der Waals surface area (Å²) in [5.41, 5.74) is 4.70. The number of nitrogens with two attached hydrogens (primary N) is 1. The van der Waals surface area contributed by atoms with Crippen molar-refractivity contribution in [1.82, 2.24) is 5.43 Å². The molecule has 1 amide bonds. The molecule has 0 aromatic heterocycles. The van der Waals surface area contributed by atoms with Gasteiger partial charge in [0.2, 0.25) is 0 Å². The van der Waals surface area contributed by atoms with Gasteiger partial charge in [0, 0.05) is 16.2 Å². The van der Waals surface area contributed by atoms with Crippen LogP contribution in [0, 0.1) is 0 Å². The van der Waals surface area contributed by atoms with Crippen LogP contribution in [-0.4, -0.2) is 11.0 Å². The molecule has 0 aliphatic carbocycles. The fourth-order valence-electron chi connectivity index (χ4n) is 1.69. The first-order chi connectivity index (χ1) is 9.72. The molecule has 20 heavy (non-hydrogen) atoms. The van der Waals surface area contributed by atoms with Crippen LogP contribution in [0.2, 0.25) is 0 Å². The Kier molecular flexibility index (Phi) is 5.17. The van der Waals surface area contributed by atoms with Crippen molar-refractivity contribution in [3.8, 4) is 0 Å². The summed E-state index contributed by atoms with van der Waals surface area (Å²) < 4.78 is 0. The second-order valence-electron chi connectivity index (χ2n) is 4.26. The molecule has 104 valence electrons. The average molecular weight is 288 g/mol. The van der Waals surface area contributed by atoms with Crippen LogP contribution in [0.1, 0.15) is 21.5 Å². The molecule has 4 nitrogen and oxygen atoms in total. The number of hydrogen-bond acceptors (Lipinski definition) is 4. The maximum atomic E-state index is 11.3. The van der Waals surface area contributed by atoms with Gasteiger partial charge in [-0.15, -0.1) is 11.8 Å². The SMILES string of the molecule is NNC(=O)c1ccc(CSc2ccc(CO)cc2)cc1. The van der Waals surface area contributed by atoms with Crippen molar-refractivity contribution in [2.45, 2.75) is 17.3 Å². The maximum Gasteiger partial charge on any atom is 0.265 e. The molecular formula is C15H16N2O2S. The highest BCUT2D eigenvalue weighted by Crippen LogP contribution is 2.23. The van der Waals surface area contributed by atoms with Crippen LogP contribution < -0.4 is 11.3 Å². The number of nitrogen functional groups attached to an aromatic ring is 1. The van der Waals surface area contributed by atoms with Gasteiger partial charge in [-0.3, -0.25) is 10.2 Å². The number of carbonyl (C=O) groups excluding carboxylic acids is 1. The number of nitrogens with one attached hydrogen (secondary N) is 1. The molecule has 0 bridgehead atoms. The zero-order chi connectivity index (χ0) is 14.4. The van der Waals surface area contributed by atoms with Crippen LogP contribution in [0.4, 0.5) is 0 Å². The number of aliphatic hydroxyl groups is 1. The zero-order valence-corrected chi connectivity index (χ0v) is 11.7. The van der Waals surface area contributed by atoms with Gasteiger partial charge < -0.3 is 5.11 Å². The Morgan fingerprint density at radius 1 is 1.05 bits per heavy atom. The summed E-state index contributed by atoms with van der Waals surface area (Å²) in [5, 5.41) is 8.98. The number of thioether (sulfide) groups is 1. The van der Waals surface area contributed by atoms with Crippen molar-refractivity contribution < 1.29 is 9.90 Å². The van der Waals surface area contributed by atoms with E-state index < -0.39 is 0 Å². The lowest BCUT2D eigenvalue weighted by molar-refractivity contribution is 0.0953. The molecule has 4 N–H and O–H groups in total. The van der Waals surface area contributed by atoms with Gasteiger partial charge in [-0.1, -0.05) is 24.3 Å². The minimum absolute atomic E-state index is 0.0651. The Morgan fingerprint density at radius 2 is 1.65 bits per heavy atom. The van der Waals surface area contributed by atoms with Crippen molar-refractivity contribution in [1.29, 1.82) is 0 Å². The highest BCUT2D eigenvalue weighted by molar-refractivity contribution is 7.98. The van der Waals surface area contributed by atoms with E-state index in [-0.39, 0.29) is 12.5 Å². The summed E-state index contributed by atoms with van der Waals surface area (Å²) in [6.45, 7) is 0.0651. The van der Waals surface area contributed by atoms with E-state index in [2.05, 4.69) is 5.43 Å². The molecule has 2 aromatic carbocycles. The second-order valence-corrected chi connectivity index (χ2v) is 5.31. The predicted octanol–water partition coefficient (Wildman–Crippen LogP) is 2.07. The van der Waals surface area contributed by atoms with Crippen LogP contribution in [0.5, 0.6) is 0 Å². The minimum atomic E-state index is -0.288. The molecule has 2 rings (SSSR count). The highest BCUT2D eigenvalue weighted by atomic mass is 32.2. The van der Waals surface area contributed by atoms with E-state index in [1.54, 1.807) is 23.9 Å². The molecule has 0 radical (unpaired) electrons. The molecular weight excluding hydrogens is 272 g/mol. The molecule has 0 aliphatic heterocycles. The summed E-state index contributed by atoms with van der Waals surface area (Å²) in [7, 11) is 0. The molecule has 0 spiro atoms. The molecule has 0 saturated heterocycles. The number of benzene rings is 2. The lowest BCUT2D eigenvalue weighted by Gasteiger charge is -2.04. The third kappa shape index (κ3) is 3.84. The maximum absolute atomic E-state index is 11.3. The van der Waals surface area contributed by atoms with E-state index in [9.17, 15) is 4.79 Å². The summed E-state index contributed by atoms with van der Waals surface area (Å²) in [5.74, 6) is 5.61. The van der Waals surface area contributed by atoms with Crippen LogP contribution in [0.15, 0.2) is 53.4 Å². The monoisotopic (exact) mass is 288 g/mol. The lowest BCUT2D eigenvalue weighted by Crippen LogP contribution is -2.29. The van der Waals surface area contributed by atoms with Crippen molar-refractivity contribution >= 4 is 17.7 Å². The molecule has 0 heterocycles. The molecule has 5 heteroatoms. The topological polar surface area (TPSA) is 75.3 Å². The van der Waals surface area contributed by atoms with Crippen molar-refractivity contribution in [2.75, 3.05) is 0 Å². The second kappa shape index (κ2) is 7.09. The average Bonchev–Trinajstić information content (AvgIpc) is 2.53. The number of amides is 1. The fourth-order valence-corrected chi connectivity index (χ4v) is 2.55. The molecule has 0 fully saturated rings. The zero-order valence-electron chi connectivity index (χ0n) is 10.9. The molecule has 0 unspecified atom stereocenters. The van der Waals surface area contributed by atoms with Crippen LogP contribution in [0.3, 0.4) is 0 Å². The normalized spacial score (nSPS) is 10.3. The van der Waals surface area contributed by atoms with E-state index in [4.69, 9.17) is 10.9 Å². The van der Waals surface area contributed by atoms with Gasteiger partial charge in [-0.25, -0.2) is 5.84 Å². The van der Waals surface area contributed by atoms with Gasteiger partial charge in [-0.05, 0) is 35.4 Å². The van der Waals surface area contributed by atoms with Crippen molar-refractivity contribution in [3.05, 3.63) is 65.2 Å². The Balaban J connectivity index is 1.94. The molecule has 0 saturated carbocycles. The number of carbonyl (C=O) groups is 1. The van der Waals surface area contributed by atoms with E-state index in [0.717, 1.165) is 21.8 Å². The smallest absolute Gasteiger partial charge is 0.265 e. The fraction of sp³-hybridized carbons (Fsp3) is 0.133. The number of hydrazine groups is 1. The van der Waals surface area contributed by atoms with E-state index in [1.165, 1.54) is 0 Å². The van der Waals surface area contributed by atoms with Gasteiger partial charge in [0.25, 0.3) is 5.91 Å². The van der Waals surface area contributed by atoms with Gasteiger partial charge in [0.05, 0.1) is 6.61 Å². The van der Waals surface area contributed by atoms with Crippen molar-refractivity contribution in [3.63, 3.8) is 0 Å². The first-order valence-corrected chi connectivity index (χ1v) is 7.14. The van der Waals surface area contributed by atoms with Gasteiger partial charge in [0.1, 0.15) is 0 Å². The number of hydrogen-bond donors (Lipinski definition) is 3. The quantitative estimate of drug-likeness (QED) is 0.341. The first-order valence-electron chi connectivity index (χ1n) is 6.15. The Bertz CT molecular complexity index is 567. The number of aliphatic hydroxyl groups excluding tert-OH is 1. The first kappa shape index (κ1) is 14.6. The summed E-state index contributed by atoms with van der Waals surface area (Å²) in [6, 6.07) is 15.2. The van der Waals surface area contributed by atoms with Gasteiger partial charge in [0.15, 0.2) is 0 Å². The summed E-state index contributed by atoms with van der Waals surface area (Å²) in [4.78, 5) is 12.4. The van der Waals surface area contributed by atoms with Crippen LogP contribution >= 0.6 is 11.8 Å². The molecule has 2 aromatic rings. The number of rotatable bonds is 5. The molecule has 0 atom stereocenters. The molecule has 0 aliphatic rings. The van der Waals surface area contributed by atoms with Gasteiger partial charge in [-0.2, -0.15) is 0 Å². The standard InChI is InChI=1S/C15H16N2O2S/c16-17-15(19)13-5-1-12(2-6-13)10-20-14-7-3-11(9-18)4-8-14/h1-8,18H,9-10,16H2,(H,17,19). The van der Waals surface area contributed by atoms with Crippen molar-refractivity contribution in [2.24, 2.45) is 5.84 Å². The minimum Gasteiger partial charge on any atom is -0.392 e. The largest absolute Gasteiger partial charge is 0.392 e. The lowest BCUT2D eigenvalue weighted by atomic mass is 10.1.